The van der Waals surface area contributed by atoms with Crippen LogP contribution < -0.4 is 0 Å². The molecule has 3 nitrogen and oxygen atoms in total. The minimum Gasteiger partial charge on any atom is -0.372 e. The zero-order valence-corrected chi connectivity index (χ0v) is 8.16. The Kier molecular flexibility index (Phi) is 2.76. The molecule has 1 aromatic heterocycles. The van der Waals surface area contributed by atoms with Gasteiger partial charge in [0.1, 0.15) is 12.3 Å². The van der Waals surface area contributed by atoms with Crippen LogP contribution >= 0.6 is 0 Å². The first-order chi connectivity index (χ1) is 6.90. The van der Waals surface area contributed by atoms with Crippen molar-refractivity contribution in [3.63, 3.8) is 0 Å². The normalized spacial score (nSPS) is 14.6. The van der Waals surface area contributed by atoms with Gasteiger partial charge in [-0.1, -0.05) is 5.92 Å². The fourth-order valence-corrected chi connectivity index (χ4v) is 1.20. The lowest BCUT2D eigenvalue weighted by Crippen LogP contribution is -1.92. The van der Waals surface area contributed by atoms with Crippen LogP contribution in [0.25, 0.3) is 0 Å². The number of aromatic nitrogens is 2. The van der Waals surface area contributed by atoms with Gasteiger partial charge in [0.2, 0.25) is 0 Å². The van der Waals surface area contributed by atoms with Crippen molar-refractivity contribution in [3.05, 3.63) is 23.5 Å². The van der Waals surface area contributed by atoms with E-state index in [-0.39, 0.29) is 0 Å². The lowest BCUT2D eigenvalue weighted by atomic mass is 10.2. The van der Waals surface area contributed by atoms with Crippen molar-refractivity contribution in [2.24, 2.45) is 0 Å². The van der Waals surface area contributed by atoms with Crippen LogP contribution in [0.4, 0.5) is 0 Å². The van der Waals surface area contributed by atoms with Crippen molar-refractivity contribution in [2.75, 3.05) is 13.7 Å². The molecule has 0 amide bonds. The van der Waals surface area contributed by atoms with Gasteiger partial charge >= 0.3 is 0 Å². The first-order valence-corrected chi connectivity index (χ1v) is 4.71. The largest absolute Gasteiger partial charge is 0.372 e. The van der Waals surface area contributed by atoms with E-state index < -0.39 is 0 Å². The van der Waals surface area contributed by atoms with Crippen LogP contribution in [0.2, 0.25) is 0 Å². The maximum atomic E-state index is 4.81. The number of ether oxygens (including phenoxy) is 1. The Balaban J connectivity index is 2.03. The molecular formula is C11H12N2O. The number of methoxy groups -OCH3 is 1. The maximum Gasteiger partial charge on any atom is 0.135 e. The Hall–Kier alpha value is -1.40. The first kappa shape index (κ1) is 9.17. The summed E-state index contributed by atoms with van der Waals surface area (Å²) < 4.78 is 4.81. The molecule has 1 aliphatic carbocycles. The van der Waals surface area contributed by atoms with E-state index in [0.717, 1.165) is 5.69 Å². The Morgan fingerprint density at radius 2 is 2.29 bits per heavy atom. The van der Waals surface area contributed by atoms with E-state index in [1.165, 1.54) is 12.8 Å². The summed E-state index contributed by atoms with van der Waals surface area (Å²) >= 11 is 0. The van der Waals surface area contributed by atoms with Gasteiger partial charge in [-0.15, -0.1) is 5.10 Å². The number of hydrogen-bond acceptors (Lipinski definition) is 3. The van der Waals surface area contributed by atoms with E-state index in [0.29, 0.717) is 18.2 Å². The lowest BCUT2D eigenvalue weighted by Gasteiger charge is -1.94. The highest BCUT2D eigenvalue weighted by molar-refractivity contribution is 5.28. The van der Waals surface area contributed by atoms with E-state index in [2.05, 4.69) is 22.0 Å². The fraction of sp³-hybridized carbons (Fsp3) is 0.455. The standard InChI is InChI=1S/C11H12N2O/c1-14-8-2-3-10-6-7-11(13-12-10)9-4-5-9/h6-7,9H,4-5,8H2,1H3. The average molecular weight is 188 g/mol. The molecule has 0 saturated heterocycles. The van der Waals surface area contributed by atoms with Crippen molar-refractivity contribution in [3.8, 4) is 11.8 Å². The minimum atomic E-state index is 0.437. The number of hydrogen-bond donors (Lipinski definition) is 0. The molecule has 0 atom stereocenters. The second-order valence-electron chi connectivity index (χ2n) is 3.35. The van der Waals surface area contributed by atoms with Gasteiger partial charge < -0.3 is 4.74 Å². The molecule has 1 saturated carbocycles. The smallest absolute Gasteiger partial charge is 0.135 e. The number of rotatable bonds is 2. The highest BCUT2D eigenvalue weighted by Gasteiger charge is 2.24. The summed E-state index contributed by atoms with van der Waals surface area (Å²) in [6.07, 6.45) is 2.51. The summed E-state index contributed by atoms with van der Waals surface area (Å²) in [5.41, 5.74) is 1.81. The molecule has 1 heterocycles. The maximum absolute atomic E-state index is 4.81. The van der Waals surface area contributed by atoms with E-state index >= 15 is 0 Å². The van der Waals surface area contributed by atoms with Gasteiger partial charge in [-0.05, 0) is 30.9 Å². The van der Waals surface area contributed by atoms with Crippen LogP contribution in [0.3, 0.4) is 0 Å². The van der Waals surface area contributed by atoms with Crippen LogP contribution in [0.15, 0.2) is 12.1 Å². The average Bonchev–Trinajstić information content (AvgIpc) is 3.03. The molecule has 0 spiro atoms. The highest BCUT2D eigenvalue weighted by atomic mass is 16.5. The van der Waals surface area contributed by atoms with Crippen LogP contribution in [0.1, 0.15) is 30.1 Å². The second-order valence-corrected chi connectivity index (χ2v) is 3.35. The quantitative estimate of drug-likeness (QED) is 0.657. The van der Waals surface area contributed by atoms with Crippen molar-refractivity contribution in [1.82, 2.24) is 10.2 Å². The third-order valence-corrected chi connectivity index (χ3v) is 2.11. The Labute approximate surface area is 83.5 Å². The highest BCUT2D eigenvalue weighted by Crippen LogP contribution is 2.38. The van der Waals surface area contributed by atoms with Crippen molar-refractivity contribution in [1.29, 1.82) is 0 Å². The van der Waals surface area contributed by atoms with Crippen LogP contribution in [0.5, 0.6) is 0 Å². The molecule has 14 heavy (non-hydrogen) atoms. The summed E-state index contributed by atoms with van der Waals surface area (Å²) in [6, 6.07) is 3.94. The molecule has 0 aromatic carbocycles. The van der Waals surface area contributed by atoms with Crippen LogP contribution in [0, 0.1) is 11.8 Å². The molecule has 1 aromatic rings. The zero-order valence-electron chi connectivity index (χ0n) is 8.16. The summed E-state index contributed by atoms with van der Waals surface area (Å²) in [6.45, 7) is 0.437. The Bertz CT molecular complexity index is 357. The van der Waals surface area contributed by atoms with E-state index in [9.17, 15) is 0 Å². The lowest BCUT2D eigenvalue weighted by molar-refractivity contribution is 0.240. The van der Waals surface area contributed by atoms with Gasteiger partial charge in [-0.25, -0.2) is 0 Å². The van der Waals surface area contributed by atoms with E-state index in [1.54, 1.807) is 7.11 Å². The molecule has 0 radical (unpaired) electrons. The van der Waals surface area contributed by atoms with Crippen LogP contribution in [-0.2, 0) is 4.74 Å². The Morgan fingerprint density at radius 3 is 2.86 bits per heavy atom. The zero-order chi connectivity index (χ0) is 9.80. The van der Waals surface area contributed by atoms with E-state index in [4.69, 9.17) is 4.74 Å². The summed E-state index contributed by atoms with van der Waals surface area (Å²) in [5, 5.41) is 8.16. The second kappa shape index (κ2) is 4.21. The van der Waals surface area contributed by atoms with Gasteiger partial charge in [-0.2, -0.15) is 5.10 Å². The fourth-order valence-electron chi connectivity index (χ4n) is 1.20. The topological polar surface area (TPSA) is 35.0 Å². The van der Waals surface area contributed by atoms with Gasteiger partial charge in [-0.3, -0.25) is 0 Å². The molecule has 3 heteroatoms. The monoisotopic (exact) mass is 188 g/mol. The molecular weight excluding hydrogens is 176 g/mol. The molecule has 72 valence electrons. The van der Waals surface area contributed by atoms with Crippen molar-refractivity contribution < 1.29 is 4.74 Å². The predicted octanol–water partition coefficient (Wildman–Crippen LogP) is 1.35. The molecule has 0 aliphatic heterocycles. The van der Waals surface area contributed by atoms with Gasteiger partial charge in [0.15, 0.2) is 0 Å². The molecule has 2 rings (SSSR count). The predicted molar refractivity (Wildman–Crippen MR) is 52.8 cm³/mol. The van der Waals surface area contributed by atoms with Gasteiger partial charge in [0.05, 0.1) is 5.69 Å². The molecule has 0 bridgehead atoms. The van der Waals surface area contributed by atoms with Crippen molar-refractivity contribution >= 4 is 0 Å². The van der Waals surface area contributed by atoms with Crippen molar-refractivity contribution in [2.45, 2.75) is 18.8 Å². The summed E-state index contributed by atoms with van der Waals surface area (Å²) in [4.78, 5) is 0. The van der Waals surface area contributed by atoms with Crippen LogP contribution in [-0.4, -0.2) is 23.9 Å². The molecule has 0 N–H and O–H groups in total. The van der Waals surface area contributed by atoms with E-state index in [1.807, 2.05) is 12.1 Å². The third-order valence-electron chi connectivity index (χ3n) is 2.11. The minimum absolute atomic E-state index is 0.437. The molecule has 1 fully saturated rings. The molecule has 0 unspecified atom stereocenters. The summed E-state index contributed by atoms with van der Waals surface area (Å²) in [7, 11) is 1.62. The third kappa shape index (κ3) is 2.30. The Morgan fingerprint density at radius 1 is 1.43 bits per heavy atom. The number of nitrogens with zero attached hydrogens (tertiary/aromatic N) is 2. The summed E-state index contributed by atoms with van der Waals surface area (Å²) in [5.74, 6) is 6.38. The van der Waals surface area contributed by atoms with Gasteiger partial charge in [0.25, 0.3) is 0 Å². The SMILES string of the molecule is COCC#Cc1ccc(C2CC2)nn1. The van der Waals surface area contributed by atoms with Gasteiger partial charge in [0, 0.05) is 13.0 Å². The molecule has 1 aliphatic rings. The first-order valence-electron chi connectivity index (χ1n) is 4.71.